The summed E-state index contributed by atoms with van der Waals surface area (Å²) in [6, 6.07) is 0. The average Bonchev–Trinajstić information content (AvgIpc) is 0. The molecule has 0 aliphatic heterocycles. The number of hydrogen-bond acceptors (Lipinski definition) is 0. The molecular weight excluding hydrogens is 296 g/mol. The summed E-state index contributed by atoms with van der Waals surface area (Å²) in [6.45, 7) is 0. The topological polar surface area (TPSA) is 94.5 Å². The van der Waals surface area contributed by atoms with Crippen LogP contribution in [0.4, 0.5) is 0 Å². The van der Waals surface area contributed by atoms with E-state index in [1.54, 1.807) is 0 Å². The molecule has 0 heterocycles. The monoisotopic (exact) mass is 301 g/mol. The van der Waals surface area contributed by atoms with Gasteiger partial charge in [-0.05, 0) is 0 Å². The van der Waals surface area contributed by atoms with Crippen LogP contribution >= 0.6 is 0 Å². The first-order valence-electron chi connectivity index (χ1n) is 0. The second-order valence-electron chi connectivity index (χ2n) is 0. The average molecular weight is 302 g/mol. The molecule has 0 saturated heterocycles. The molecule has 0 spiro atoms. The van der Waals surface area contributed by atoms with E-state index in [0.717, 1.165) is 0 Å². The predicted octanol–water partition coefficient (Wildman–Crippen LogP) is -2.48. The van der Waals surface area contributed by atoms with Crippen molar-refractivity contribution >= 4 is 0 Å². The zero-order valence-electron chi connectivity index (χ0n) is 2.30. The summed E-state index contributed by atoms with van der Waals surface area (Å²) in [7, 11) is 0. The van der Waals surface area contributed by atoms with E-state index in [4.69, 9.17) is 0 Å². The van der Waals surface area contributed by atoms with Gasteiger partial charge in [0.25, 0.3) is 0 Å². The fourth-order valence-electron chi connectivity index (χ4n) is 0. The molecule has 1 radical (unpaired) electrons. The van der Waals surface area contributed by atoms with Crippen molar-refractivity contribution in [3.05, 3.63) is 0 Å². The smallest absolute Gasteiger partial charge is 0 e. The van der Waals surface area contributed by atoms with Crippen molar-refractivity contribution in [3.63, 3.8) is 0 Å². The normalized spacial score (nSPS) is 0. The molecule has 0 aromatic heterocycles. The van der Waals surface area contributed by atoms with Gasteiger partial charge in [0.1, 0.15) is 0 Å². The van der Waals surface area contributed by atoms with Gasteiger partial charge in [-0.25, -0.2) is 0 Å². The molecule has 0 amide bonds. The van der Waals surface area contributed by atoms with Gasteiger partial charge in [0.05, 0.1) is 0 Å². The Hall–Kier alpha value is 2.00. The summed E-state index contributed by atoms with van der Waals surface area (Å²) in [5, 5.41) is 0. The Morgan fingerprint density at radius 3 is 0.600 bits per heavy atom. The van der Waals surface area contributed by atoms with Gasteiger partial charge in [-0.2, -0.15) is 0 Å². The Kier molecular flexibility index (Phi) is 474. The van der Waals surface area contributed by atoms with Crippen LogP contribution in [-0.4, -0.2) is 16.4 Å². The summed E-state index contributed by atoms with van der Waals surface area (Å²) in [5.74, 6) is 0. The second kappa shape index (κ2) is 37.6. The molecule has 0 aliphatic rings. The Morgan fingerprint density at radius 1 is 0.600 bits per heavy atom. The summed E-state index contributed by atoms with van der Waals surface area (Å²) in [5.41, 5.74) is 0. The van der Waals surface area contributed by atoms with Crippen LogP contribution in [0.15, 0.2) is 0 Å². The van der Waals surface area contributed by atoms with Crippen molar-refractivity contribution in [1.29, 1.82) is 0 Å². The quantitative estimate of drug-likeness (QED) is 0.443. The Balaban J connectivity index is 0. The summed E-state index contributed by atoms with van der Waals surface area (Å²) in [4.78, 5) is 0. The van der Waals surface area contributed by atoms with E-state index in [1.165, 1.54) is 0 Å². The van der Waals surface area contributed by atoms with Crippen molar-refractivity contribution in [2.24, 2.45) is 0 Å². The molecule has 0 aromatic carbocycles. The number of rotatable bonds is 0. The molecule has 6 N–H and O–H groups in total. The maximum absolute atomic E-state index is 0. The molecule has 5 heavy (non-hydrogen) atoms. The molecule has 0 bridgehead atoms. The van der Waals surface area contributed by atoms with Crippen molar-refractivity contribution < 1.29 is 80.6 Å². The van der Waals surface area contributed by atoms with Crippen LogP contribution in [0, 0.1) is 41.7 Å². The maximum Gasteiger partial charge on any atom is 0 e. The van der Waals surface area contributed by atoms with Crippen molar-refractivity contribution in [3.8, 4) is 0 Å². The van der Waals surface area contributed by atoms with E-state index in [0.29, 0.717) is 0 Å². The van der Waals surface area contributed by atoms with Gasteiger partial charge in [-0.3, -0.25) is 0 Å². The first-order valence-corrected chi connectivity index (χ1v) is 0. The molecule has 0 aliphatic carbocycles. The maximum atomic E-state index is 0. The van der Waals surface area contributed by atoms with Gasteiger partial charge in [0, 0.05) is 64.1 Å². The molecule has 0 unspecified atom stereocenters. The van der Waals surface area contributed by atoms with Crippen LogP contribution in [0.5, 0.6) is 0 Å². The largest absolute Gasteiger partial charge is 0.412 e. The van der Waals surface area contributed by atoms with Crippen molar-refractivity contribution in [1.82, 2.24) is 0 Å². The fourth-order valence-corrected chi connectivity index (χ4v) is 0. The van der Waals surface area contributed by atoms with Crippen LogP contribution in [0.2, 0.25) is 0 Å². The molecule has 0 rings (SSSR count). The van der Waals surface area contributed by atoms with Crippen molar-refractivity contribution in [2.75, 3.05) is 0 Å². The first kappa shape index (κ1) is 63.1. The zero-order valence-corrected chi connectivity index (χ0v) is 6.92. The molecule has 5 heteroatoms. The van der Waals surface area contributed by atoms with Gasteiger partial charge in [0.2, 0.25) is 0 Å². The van der Waals surface area contributed by atoms with Crippen LogP contribution in [-0.2, 0) is 22.4 Å². The van der Waals surface area contributed by atoms with E-state index in [2.05, 4.69) is 0 Å². The first-order chi connectivity index (χ1) is 0. The Morgan fingerprint density at radius 2 is 0.600 bits per heavy atom. The van der Waals surface area contributed by atoms with E-state index in [9.17, 15) is 0 Å². The standard InChI is InChI=1S/Ag.Ce.3H2O/h;;3*1H2. The molecule has 0 saturated carbocycles. The van der Waals surface area contributed by atoms with Crippen LogP contribution in [0.1, 0.15) is 0 Å². The molecule has 3 nitrogen and oxygen atoms in total. The predicted molar refractivity (Wildman–Crippen MR) is 10.8 cm³/mol. The molecule has 0 aromatic rings. The molecular formula is H6AgCeO3. The summed E-state index contributed by atoms with van der Waals surface area (Å²) >= 11 is 0. The number of hydrogen-bond donors (Lipinski definition) is 0. The van der Waals surface area contributed by atoms with E-state index >= 15 is 0 Å². The van der Waals surface area contributed by atoms with E-state index in [1.807, 2.05) is 0 Å². The van der Waals surface area contributed by atoms with Gasteiger partial charge in [0.15, 0.2) is 0 Å². The van der Waals surface area contributed by atoms with E-state index < -0.39 is 0 Å². The Bertz CT molecular complexity index is 6.85. The van der Waals surface area contributed by atoms with Gasteiger partial charge in [-0.1, -0.05) is 0 Å². The third-order valence-electron chi connectivity index (χ3n) is 0. The molecule has 39 valence electrons. The SMILES string of the molecule is O.O.O.[Ag].[Ce]. The van der Waals surface area contributed by atoms with Gasteiger partial charge in [-0.15, -0.1) is 0 Å². The minimum absolute atomic E-state index is 0. The summed E-state index contributed by atoms with van der Waals surface area (Å²) < 4.78 is 0. The molecule has 0 atom stereocenters. The van der Waals surface area contributed by atoms with E-state index in [-0.39, 0.29) is 80.6 Å². The summed E-state index contributed by atoms with van der Waals surface area (Å²) in [6.07, 6.45) is 0. The fraction of sp³-hybridized carbons (Fsp3) is 0. The third kappa shape index (κ3) is 24.0. The minimum Gasteiger partial charge on any atom is -0.412 e. The van der Waals surface area contributed by atoms with Gasteiger partial charge >= 0.3 is 0 Å². The second-order valence-corrected chi connectivity index (χ2v) is 0. The molecule has 0 fully saturated rings. The minimum atomic E-state index is 0. The van der Waals surface area contributed by atoms with Gasteiger partial charge < -0.3 is 16.4 Å². The van der Waals surface area contributed by atoms with Crippen LogP contribution < -0.4 is 0 Å². The van der Waals surface area contributed by atoms with Crippen LogP contribution in [0.25, 0.3) is 0 Å². The zero-order chi connectivity index (χ0) is 0. The van der Waals surface area contributed by atoms with Crippen LogP contribution in [0.3, 0.4) is 0 Å². The third-order valence-corrected chi connectivity index (χ3v) is 0. The van der Waals surface area contributed by atoms with Crippen molar-refractivity contribution in [2.45, 2.75) is 0 Å². The Labute approximate surface area is 79.3 Å².